The highest BCUT2D eigenvalue weighted by molar-refractivity contribution is 6.30. The van der Waals surface area contributed by atoms with E-state index in [9.17, 15) is 14.7 Å². The number of hydrogen-bond acceptors (Lipinski definition) is 2. The molecule has 5 heteroatoms. The standard InChI is InChI=1S/C37H36ClNO3/c1-24-21-31(38)12-16-33(24)27-9-13-32(14-10-27)39-35(40)30-11-15-34(36(41)42)29(23-30)8-7-25-5-4-6-28(22-25)26-17-19-37(2,3)20-18-26/h4-6,9-17,21-23H,7-8,18-20H2,1-3H3,(H,39,40)(H,41,42). The van der Waals surface area contributed by atoms with Gasteiger partial charge < -0.3 is 10.4 Å². The number of halogens is 1. The molecule has 1 aliphatic rings. The summed E-state index contributed by atoms with van der Waals surface area (Å²) in [5.41, 5.74) is 9.28. The molecule has 1 amide bonds. The Balaban J connectivity index is 1.29. The van der Waals surface area contributed by atoms with Gasteiger partial charge in [-0.25, -0.2) is 4.79 Å². The van der Waals surface area contributed by atoms with Gasteiger partial charge >= 0.3 is 5.97 Å². The lowest BCUT2D eigenvalue weighted by Crippen LogP contribution is -2.14. The first kappa shape index (κ1) is 29.3. The van der Waals surface area contributed by atoms with E-state index < -0.39 is 5.97 Å². The molecule has 4 aromatic carbocycles. The molecule has 0 spiro atoms. The van der Waals surface area contributed by atoms with Gasteiger partial charge in [-0.15, -0.1) is 0 Å². The first-order valence-corrected chi connectivity index (χ1v) is 14.8. The van der Waals surface area contributed by atoms with E-state index in [1.165, 1.54) is 23.6 Å². The third kappa shape index (κ3) is 7.00. The summed E-state index contributed by atoms with van der Waals surface area (Å²) in [6.45, 7) is 6.63. The Hall–Kier alpha value is -4.15. The summed E-state index contributed by atoms with van der Waals surface area (Å²) in [6, 6.07) is 26.8. The zero-order chi connectivity index (χ0) is 29.9. The Kier molecular flexibility index (Phi) is 8.65. The molecule has 0 saturated heterocycles. The van der Waals surface area contributed by atoms with E-state index in [4.69, 9.17) is 11.6 Å². The molecule has 0 radical (unpaired) electrons. The molecule has 0 unspecified atom stereocenters. The van der Waals surface area contributed by atoms with Crippen molar-refractivity contribution in [3.05, 3.63) is 129 Å². The fraction of sp³-hybridized carbons (Fsp3) is 0.243. The molecule has 214 valence electrons. The first-order chi connectivity index (χ1) is 20.1. The summed E-state index contributed by atoms with van der Waals surface area (Å²) in [5, 5.41) is 13.5. The van der Waals surface area contributed by atoms with Crippen molar-refractivity contribution >= 4 is 34.7 Å². The molecule has 4 nitrogen and oxygen atoms in total. The van der Waals surface area contributed by atoms with Gasteiger partial charge in [0.25, 0.3) is 5.91 Å². The van der Waals surface area contributed by atoms with E-state index in [2.05, 4.69) is 49.5 Å². The number of hydrogen-bond donors (Lipinski definition) is 2. The molecule has 0 atom stereocenters. The quantitative estimate of drug-likeness (QED) is 0.219. The minimum absolute atomic E-state index is 0.225. The van der Waals surface area contributed by atoms with Gasteiger partial charge in [0.05, 0.1) is 5.56 Å². The first-order valence-electron chi connectivity index (χ1n) is 14.4. The molecule has 2 N–H and O–H groups in total. The highest BCUT2D eigenvalue weighted by atomic mass is 35.5. The van der Waals surface area contributed by atoms with Gasteiger partial charge in [-0.2, -0.15) is 0 Å². The van der Waals surface area contributed by atoms with E-state index >= 15 is 0 Å². The number of anilines is 1. The number of carboxylic acids is 1. The number of aromatic carboxylic acids is 1. The smallest absolute Gasteiger partial charge is 0.335 e. The van der Waals surface area contributed by atoms with Gasteiger partial charge in [-0.3, -0.25) is 4.79 Å². The van der Waals surface area contributed by atoms with E-state index in [0.717, 1.165) is 35.1 Å². The monoisotopic (exact) mass is 577 g/mol. The number of aryl methyl sites for hydroxylation is 3. The summed E-state index contributed by atoms with van der Waals surface area (Å²) >= 11 is 6.10. The zero-order valence-electron chi connectivity index (χ0n) is 24.3. The number of allylic oxidation sites excluding steroid dienone is 2. The van der Waals surface area contributed by atoms with Crippen molar-refractivity contribution in [1.82, 2.24) is 0 Å². The second kappa shape index (κ2) is 12.4. The number of carboxylic acid groups (broad SMARTS) is 1. The van der Waals surface area contributed by atoms with Gasteiger partial charge in [0, 0.05) is 16.3 Å². The molecule has 0 saturated carbocycles. The van der Waals surface area contributed by atoms with Crippen molar-refractivity contribution in [2.24, 2.45) is 5.41 Å². The van der Waals surface area contributed by atoms with Gasteiger partial charge in [0.15, 0.2) is 0 Å². The third-order valence-electron chi connectivity index (χ3n) is 8.19. The minimum Gasteiger partial charge on any atom is -0.478 e. The van der Waals surface area contributed by atoms with Crippen molar-refractivity contribution in [2.75, 3.05) is 5.32 Å². The molecule has 4 aromatic rings. The van der Waals surface area contributed by atoms with E-state index in [1.807, 2.05) is 49.4 Å². The minimum atomic E-state index is -0.992. The van der Waals surface area contributed by atoms with Crippen LogP contribution in [0.5, 0.6) is 0 Å². The SMILES string of the molecule is Cc1cc(Cl)ccc1-c1ccc(NC(=O)c2ccc(C(=O)O)c(CCc3cccc(C4=CCC(C)(C)CC4)c3)c2)cc1. The van der Waals surface area contributed by atoms with Crippen LogP contribution in [-0.2, 0) is 12.8 Å². The van der Waals surface area contributed by atoms with Gasteiger partial charge in [0.2, 0.25) is 0 Å². The Labute approximate surface area is 253 Å². The Morgan fingerprint density at radius 3 is 2.38 bits per heavy atom. The van der Waals surface area contributed by atoms with Crippen LogP contribution in [0.25, 0.3) is 16.7 Å². The maximum atomic E-state index is 13.2. The van der Waals surface area contributed by atoms with Crippen LogP contribution in [0.4, 0.5) is 5.69 Å². The van der Waals surface area contributed by atoms with Crippen LogP contribution in [0.3, 0.4) is 0 Å². The van der Waals surface area contributed by atoms with E-state index in [0.29, 0.717) is 40.1 Å². The topological polar surface area (TPSA) is 66.4 Å². The lowest BCUT2D eigenvalue weighted by molar-refractivity contribution is 0.0695. The summed E-state index contributed by atoms with van der Waals surface area (Å²) in [6.07, 6.45) is 6.89. The van der Waals surface area contributed by atoms with Crippen molar-refractivity contribution in [3.8, 4) is 11.1 Å². The fourth-order valence-electron chi connectivity index (χ4n) is 5.58. The summed E-state index contributed by atoms with van der Waals surface area (Å²) in [5.74, 6) is -1.27. The largest absolute Gasteiger partial charge is 0.478 e. The molecule has 42 heavy (non-hydrogen) atoms. The number of carbonyl (C=O) groups is 2. The lowest BCUT2D eigenvalue weighted by atomic mass is 9.77. The second-order valence-electron chi connectivity index (χ2n) is 12.0. The second-order valence-corrected chi connectivity index (χ2v) is 12.4. The highest BCUT2D eigenvalue weighted by Gasteiger charge is 2.22. The summed E-state index contributed by atoms with van der Waals surface area (Å²) in [7, 11) is 0. The molecule has 0 aromatic heterocycles. The third-order valence-corrected chi connectivity index (χ3v) is 8.43. The zero-order valence-corrected chi connectivity index (χ0v) is 25.1. The van der Waals surface area contributed by atoms with Crippen molar-refractivity contribution < 1.29 is 14.7 Å². The molecule has 5 rings (SSSR count). The van der Waals surface area contributed by atoms with Crippen LogP contribution in [-0.4, -0.2) is 17.0 Å². The van der Waals surface area contributed by atoms with Crippen molar-refractivity contribution in [2.45, 2.75) is 52.9 Å². The number of carbonyl (C=O) groups excluding carboxylic acids is 1. The van der Waals surface area contributed by atoms with Crippen molar-refractivity contribution in [1.29, 1.82) is 0 Å². The molecule has 0 fully saturated rings. The molecular formula is C37H36ClNO3. The Bertz CT molecular complexity index is 1670. The average Bonchev–Trinajstić information content (AvgIpc) is 2.96. The van der Waals surface area contributed by atoms with Crippen LogP contribution in [0.1, 0.15) is 76.1 Å². The molecule has 0 bridgehead atoms. The molecule has 0 aliphatic heterocycles. The fourth-order valence-corrected chi connectivity index (χ4v) is 5.81. The van der Waals surface area contributed by atoms with Crippen LogP contribution in [0.15, 0.2) is 91.0 Å². The van der Waals surface area contributed by atoms with Crippen molar-refractivity contribution in [3.63, 3.8) is 0 Å². The predicted octanol–water partition coefficient (Wildman–Crippen LogP) is 9.64. The van der Waals surface area contributed by atoms with Gasteiger partial charge in [-0.1, -0.05) is 74.0 Å². The van der Waals surface area contributed by atoms with Crippen LogP contribution in [0, 0.1) is 12.3 Å². The number of amides is 1. The molecular weight excluding hydrogens is 542 g/mol. The maximum absolute atomic E-state index is 13.2. The number of rotatable bonds is 8. The summed E-state index contributed by atoms with van der Waals surface area (Å²) < 4.78 is 0. The molecule has 1 aliphatic carbocycles. The molecule has 0 heterocycles. The maximum Gasteiger partial charge on any atom is 0.335 e. The van der Waals surface area contributed by atoms with Gasteiger partial charge in [-0.05, 0) is 126 Å². The number of benzene rings is 4. The average molecular weight is 578 g/mol. The normalized spacial score (nSPS) is 14.2. The number of nitrogens with one attached hydrogen (secondary N) is 1. The Morgan fingerprint density at radius 1 is 0.905 bits per heavy atom. The van der Waals surface area contributed by atoms with Crippen LogP contribution in [0.2, 0.25) is 5.02 Å². The van der Waals surface area contributed by atoms with Crippen LogP contribution >= 0.6 is 11.6 Å². The Morgan fingerprint density at radius 2 is 1.69 bits per heavy atom. The lowest BCUT2D eigenvalue weighted by Gasteiger charge is -2.28. The summed E-state index contributed by atoms with van der Waals surface area (Å²) in [4.78, 5) is 25.1. The van der Waals surface area contributed by atoms with Gasteiger partial charge in [0.1, 0.15) is 0 Å². The highest BCUT2D eigenvalue weighted by Crippen LogP contribution is 2.38. The predicted molar refractivity (Wildman–Crippen MR) is 172 cm³/mol. The van der Waals surface area contributed by atoms with Crippen LogP contribution < -0.4 is 5.32 Å². The van der Waals surface area contributed by atoms with E-state index in [1.54, 1.807) is 12.1 Å². The van der Waals surface area contributed by atoms with E-state index in [-0.39, 0.29) is 11.5 Å².